The van der Waals surface area contributed by atoms with Crippen molar-refractivity contribution in [2.24, 2.45) is 5.92 Å². The lowest BCUT2D eigenvalue weighted by Crippen LogP contribution is -2.30. The molecule has 0 aliphatic heterocycles. The molecule has 1 aliphatic carbocycles. The molecular formula is C17H25ClFN. The van der Waals surface area contributed by atoms with Gasteiger partial charge in [-0.2, -0.15) is 0 Å². The first-order chi connectivity index (χ1) is 9.70. The summed E-state index contributed by atoms with van der Waals surface area (Å²) in [6.07, 6.45) is 9.90. The topological polar surface area (TPSA) is 12.0 Å². The molecule has 1 atom stereocenters. The zero-order valence-corrected chi connectivity index (χ0v) is 13.1. The van der Waals surface area contributed by atoms with Crippen molar-refractivity contribution in [3.8, 4) is 0 Å². The van der Waals surface area contributed by atoms with Gasteiger partial charge in [-0.25, -0.2) is 4.39 Å². The van der Waals surface area contributed by atoms with Crippen molar-refractivity contribution < 1.29 is 4.39 Å². The summed E-state index contributed by atoms with van der Waals surface area (Å²) in [6, 6.07) is 5.26. The minimum atomic E-state index is -0.182. The Kier molecular flexibility index (Phi) is 6.31. The van der Waals surface area contributed by atoms with Gasteiger partial charge >= 0.3 is 0 Å². The van der Waals surface area contributed by atoms with Crippen LogP contribution in [-0.4, -0.2) is 13.1 Å². The van der Waals surface area contributed by atoms with Gasteiger partial charge in [0.15, 0.2) is 0 Å². The quantitative estimate of drug-likeness (QED) is 0.757. The first kappa shape index (κ1) is 15.8. The maximum Gasteiger partial charge on any atom is 0.127 e. The van der Waals surface area contributed by atoms with E-state index < -0.39 is 0 Å². The molecule has 1 nitrogen and oxygen atoms in total. The van der Waals surface area contributed by atoms with Gasteiger partial charge in [-0.1, -0.05) is 56.2 Å². The second kappa shape index (κ2) is 7.99. The fourth-order valence-corrected chi connectivity index (χ4v) is 3.52. The average molecular weight is 298 g/mol. The Labute approximate surface area is 126 Å². The van der Waals surface area contributed by atoms with Crippen LogP contribution in [0.2, 0.25) is 5.02 Å². The molecule has 20 heavy (non-hydrogen) atoms. The molecule has 1 fully saturated rings. The molecule has 0 radical (unpaired) electrons. The third-order valence-corrected chi connectivity index (χ3v) is 4.87. The summed E-state index contributed by atoms with van der Waals surface area (Å²) >= 11 is 6.13. The zero-order chi connectivity index (χ0) is 14.4. The van der Waals surface area contributed by atoms with E-state index in [1.54, 1.807) is 12.1 Å². The van der Waals surface area contributed by atoms with Crippen LogP contribution < -0.4 is 5.32 Å². The SMILES string of the molecule is CNC(Cc1c(F)cccc1Cl)CC1CCCCCC1. The van der Waals surface area contributed by atoms with Gasteiger partial charge in [-0.3, -0.25) is 0 Å². The van der Waals surface area contributed by atoms with Gasteiger partial charge in [0, 0.05) is 16.6 Å². The second-order valence-electron chi connectivity index (χ2n) is 5.98. The van der Waals surface area contributed by atoms with Crippen molar-refractivity contribution in [3.63, 3.8) is 0 Å². The highest BCUT2D eigenvalue weighted by molar-refractivity contribution is 6.31. The molecule has 0 saturated heterocycles. The summed E-state index contributed by atoms with van der Waals surface area (Å²) in [5.74, 6) is 0.596. The number of nitrogens with one attached hydrogen (secondary N) is 1. The van der Waals surface area contributed by atoms with E-state index in [2.05, 4.69) is 5.32 Å². The van der Waals surface area contributed by atoms with Crippen molar-refractivity contribution >= 4 is 11.6 Å². The van der Waals surface area contributed by atoms with E-state index in [-0.39, 0.29) is 5.82 Å². The molecular weight excluding hydrogens is 273 g/mol. The van der Waals surface area contributed by atoms with E-state index in [0.717, 1.165) is 12.3 Å². The predicted molar refractivity (Wildman–Crippen MR) is 83.8 cm³/mol. The Hall–Kier alpha value is -0.600. The first-order valence-electron chi connectivity index (χ1n) is 7.81. The van der Waals surface area contributed by atoms with Crippen LogP contribution in [0.5, 0.6) is 0 Å². The Morgan fingerprint density at radius 1 is 1.25 bits per heavy atom. The van der Waals surface area contributed by atoms with Gasteiger partial charge in [0.1, 0.15) is 5.82 Å². The molecule has 0 spiro atoms. The number of hydrogen-bond donors (Lipinski definition) is 1. The van der Waals surface area contributed by atoms with Crippen molar-refractivity contribution in [3.05, 3.63) is 34.6 Å². The number of halogens is 2. The van der Waals surface area contributed by atoms with E-state index in [4.69, 9.17) is 11.6 Å². The minimum Gasteiger partial charge on any atom is -0.317 e. The summed E-state index contributed by atoms with van der Waals surface area (Å²) in [6.45, 7) is 0. The average Bonchev–Trinajstić information content (AvgIpc) is 2.70. The summed E-state index contributed by atoms with van der Waals surface area (Å²) in [5, 5.41) is 3.89. The molecule has 1 unspecified atom stereocenters. The molecule has 0 aromatic heterocycles. The zero-order valence-electron chi connectivity index (χ0n) is 12.3. The Morgan fingerprint density at radius 2 is 1.95 bits per heavy atom. The maximum absolute atomic E-state index is 13.9. The fraction of sp³-hybridized carbons (Fsp3) is 0.647. The molecule has 0 amide bonds. The second-order valence-corrected chi connectivity index (χ2v) is 6.39. The van der Waals surface area contributed by atoms with Crippen molar-refractivity contribution in [2.45, 2.75) is 57.4 Å². The maximum atomic E-state index is 13.9. The van der Waals surface area contributed by atoms with Crippen molar-refractivity contribution in [1.29, 1.82) is 0 Å². The number of likely N-dealkylation sites (N-methyl/N-ethyl adjacent to an activating group) is 1. The Morgan fingerprint density at radius 3 is 2.55 bits per heavy atom. The highest BCUT2D eigenvalue weighted by Gasteiger charge is 2.19. The molecule has 1 aromatic carbocycles. The van der Waals surface area contributed by atoms with Crippen LogP contribution in [0.15, 0.2) is 18.2 Å². The highest BCUT2D eigenvalue weighted by Crippen LogP contribution is 2.28. The van der Waals surface area contributed by atoms with Crippen LogP contribution in [0.3, 0.4) is 0 Å². The minimum absolute atomic E-state index is 0.182. The normalized spacial score (nSPS) is 18.8. The summed E-state index contributed by atoms with van der Waals surface area (Å²) in [5.41, 5.74) is 0.655. The van der Waals surface area contributed by atoms with Crippen LogP contribution in [0, 0.1) is 11.7 Å². The van der Waals surface area contributed by atoms with Crippen LogP contribution in [-0.2, 0) is 6.42 Å². The van der Waals surface area contributed by atoms with Gasteiger partial charge in [-0.15, -0.1) is 0 Å². The van der Waals surface area contributed by atoms with E-state index in [1.807, 2.05) is 7.05 Å². The molecule has 0 heterocycles. The third kappa shape index (κ3) is 4.46. The smallest absolute Gasteiger partial charge is 0.127 e. The van der Waals surface area contributed by atoms with E-state index in [0.29, 0.717) is 23.0 Å². The van der Waals surface area contributed by atoms with Crippen LogP contribution in [0.25, 0.3) is 0 Å². The predicted octanol–water partition coefficient (Wildman–Crippen LogP) is 4.97. The lowest BCUT2D eigenvalue weighted by molar-refractivity contribution is 0.359. The third-order valence-electron chi connectivity index (χ3n) is 4.51. The van der Waals surface area contributed by atoms with Gasteiger partial charge in [0.25, 0.3) is 0 Å². The van der Waals surface area contributed by atoms with E-state index >= 15 is 0 Å². The Balaban J connectivity index is 1.97. The monoisotopic (exact) mass is 297 g/mol. The summed E-state index contributed by atoms with van der Waals surface area (Å²) in [4.78, 5) is 0. The van der Waals surface area contributed by atoms with Crippen molar-refractivity contribution in [2.75, 3.05) is 7.05 Å². The molecule has 0 bridgehead atoms. The van der Waals surface area contributed by atoms with Crippen LogP contribution in [0.1, 0.15) is 50.5 Å². The number of benzene rings is 1. The number of rotatable bonds is 5. The van der Waals surface area contributed by atoms with Gasteiger partial charge in [0.05, 0.1) is 0 Å². The largest absolute Gasteiger partial charge is 0.317 e. The van der Waals surface area contributed by atoms with E-state index in [9.17, 15) is 4.39 Å². The van der Waals surface area contributed by atoms with E-state index in [1.165, 1.54) is 44.6 Å². The Bertz CT molecular complexity index is 393. The van der Waals surface area contributed by atoms with Gasteiger partial charge in [-0.05, 0) is 37.9 Å². The summed E-state index contributed by atoms with van der Waals surface area (Å²) in [7, 11) is 1.97. The molecule has 1 aliphatic rings. The lowest BCUT2D eigenvalue weighted by Gasteiger charge is -2.23. The molecule has 3 heteroatoms. The number of hydrogen-bond acceptors (Lipinski definition) is 1. The van der Waals surface area contributed by atoms with Crippen molar-refractivity contribution in [1.82, 2.24) is 5.32 Å². The fourth-order valence-electron chi connectivity index (χ4n) is 3.28. The lowest BCUT2D eigenvalue weighted by atomic mass is 9.90. The standard InChI is InChI=1S/C17H25ClFN/c1-20-14(11-13-7-4-2-3-5-8-13)12-15-16(18)9-6-10-17(15)19/h6,9-10,13-14,20H,2-5,7-8,11-12H2,1H3. The van der Waals surface area contributed by atoms with Crippen LogP contribution >= 0.6 is 11.6 Å². The molecule has 1 saturated carbocycles. The highest BCUT2D eigenvalue weighted by atomic mass is 35.5. The summed E-state index contributed by atoms with van der Waals surface area (Å²) < 4.78 is 13.9. The molecule has 2 rings (SSSR count). The van der Waals surface area contributed by atoms with Gasteiger partial charge < -0.3 is 5.32 Å². The van der Waals surface area contributed by atoms with Crippen LogP contribution in [0.4, 0.5) is 4.39 Å². The van der Waals surface area contributed by atoms with Gasteiger partial charge in [0.2, 0.25) is 0 Å². The molecule has 1 N–H and O–H groups in total. The molecule has 112 valence electrons. The molecule has 1 aromatic rings. The first-order valence-corrected chi connectivity index (χ1v) is 8.18.